The van der Waals surface area contributed by atoms with Crippen molar-refractivity contribution in [1.29, 1.82) is 0 Å². The lowest BCUT2D eigenvalue weighted by Gasteiger charge is -2.09. The molecule has 0 N–H and O–H groups in total. The topological polar surface area (TPSA) is 31.2 Å². The van der Waals surface area contributed by atoms with Gasteiger partial charge in [0.05, 0.1) is 7.11 Å². The highest BCUT2D eigenvalue weighted by Gasteiger charge is 2.25. The predicted octanol–water partition coefficient (Wildman–Crippen LogP) is 3.11. The minimum Gasteiger partial charge on any atom is -0.497 e. The summed E-state index contributed by atoms with van der Waals surface area (Å²) < 4.78 is 7.95. The van der Waals surface area contributed by atoms with Gasteiger partial charge in [0.25, 0.3) is 5.56 Å². The third-order valence-electron chi connectivity index (χ3n) is 3.14. The highest BCUT2D eigenvalue weighted by atomic mass is 79.9. The van der Waals surface area contributed by atoms with Crippen molar-refractivity contribution in [2.75, 3.05) is 7.11 Å². The lowest BCUT2D eigenvalue weighted by molar-refractivity contribution is 0.415. The molecule has 0 amide bonds. The van der Waals surface area contributed by atoms with Gasteiger partial charge in [0.15, 0.2) is 0 Å². The minimum atomic E-state index is 0.0911. The number of aromatic nitrogens is 1. The molecule has 1 aliphatic carbocycles. The number of ether oxygens (including phenoxy) is 1. The molecule has 4 heteroatoms. The van der Waals surface area contributed by atoms with Gasteiger partial charge in [0.1, 0.15) is 5.75 Å². The van der Waals surface area contributed by atoms with Crippen LogP contribution in [0.5, 0.6) is 5.75 Å². The van der Waals surface area contributed by atoms with Gasteiger partial charge in [-0.1, -0.05) is 0 Å². The molecule has 1 aromatic heterocycles. The molecule has 1 heterocycles. The summed E-state index contributed by atoms with van der Waals surface area (Å²) in [5.74, 6) is 0.766. The Morgan fingerprint density at radius 2 is 2.12 bits per heavy atom. The third kappa shape index (κ3) is 1.76. The molecule has 0 radical (unpaired) electrons. The molecule has 0 aliphatic heterocycles. The van der Waals surface area contributed by atoms with Crippen molar-refractivity contribution in [1.82, 2.24) is 4.57 Å². The molecule has 2 aromatic rings. The van der Waals surface area contributed by atoms with Crippen LogP contribution in [0.2, 0.25) is 0 Å². The molecule has 3 rings (SSSR count). The molecule has 0 saturated heterocycles. The minimum absolute atomic E-state index is 0.0911. The van der Waals surface area contributed by atoms with Crippen LogP contribution in [0.1, 0.15) is 18.9 Å². The molecule has 1 aliphatic rings. The Hall–Kier alpha value is -1.29. The Balaban J connectivity index is 2.32. The zero-order valence-electron chi connectivity index (χ0n) is 9.44. The molecule has 0 unspecified atom stereocenters. The molecule has 0 spiro atoms. The fourth-order valence-corrected chi connectivity index (χ4v) is 2.60. The highest BCUT2D eigenvalue weighted by Crippen LogP contribution is 2.35. The number of pyridine rings is 1. The molecule has 1 aromatic carbocycles. The Labute approximate surface area is 107 Å². The third-order valence-corrected chi connectivity index (χ3v) is 3.77. The molecule has 3 nitrogen and oxygen atoms in total. The van der Waals surface area contributed by atoms with E-state index in [9.17, 15) is 4.79 Å². The van der Waals surface area contributed by atoms with E-state index in [1.165, 1.54) is 0 Å². The smallest absolute Gasteiger partial charge is 0.258 e. The van der Waals surface area contributed by atoms with Gasteiger partial charge in [-0.3, -0.25) is 4.79 Å². The lowest BCUT2D eigenvalue weighted by Crippen LogP contribution is -2.18. The van der Waals surface area contributed by atoms with Crippen LogP contribution in [-0.2, 0) is 0 Å². The van der Waals surface area contributed by atoms with Gasteiger partial charge < -0.3 is 9.30 Å². The second-order valence-electron chi connectivity index (χ2n) is 4.33. The van der Waals surface area contributed by atoms with Crippen LogP contribution in [0.3, 0.4) is 0 Å². The molecule has 88 valence electrons. The van der Waals surface area contributed by atoms with E-state index in [1.54, 1.807) is 7.11 Å². The molecule has 0 bridgehead atoms. The molecular weight excluding hydrogens is 282 g/mol. The van der Waals surface area contributed by atoms with Crippen LogP contribution in [0.4, 0.5) is 0 Å². The SMILES string of the molecule is COc1ccc2c(=O)n(C3CC3)cc(Br)c2c1. The van der Waals surface area contributed by atoms with Gasteiger partial charge in [-0.25, -0.2) is 0 Å². The Bertz CT molecular complexity index is 644. The highest BCUT2D eigenvalue weighted by molar-refractivity contribution is 9.10. The van der Waals surface area contributed by atoms with Gasteiger partial charge in [-0.05, 0) is 47.0 Å². The fourth-order valence-electron chi connectivity index (χ4n) is 2.05. The van der Waals surface area contributed by atoms with Gasteiger partial charge >= 0.3 is 0 Å². The van der Waals surface area contributed by atoms with Crippen LogP contribution >= 0.6 is 15.9 Å². The summed E-state index contributed by atoms with van der Waals surface area (Å²) >= 11 is 3.53. The summed E-state index contributed by atoms with van der Waals surface area (Å²) in [7, 11) is 1.63. The van der Waals surface area contributed by atoms with Crippen molar-refractivity contribution in [3.05, 3.63) is 39.2 Å². The first-order valence-corrected chi connectivity index (χ1v) is 6.38. The van der Waals surface area contributed by atoms with Crippen molar-refractivity contribution in [2.45, 2.75) is 18.9 Å². The van der Waals surface area contributed by atoms with E-state index < -0.39 is 0 Å². The van der Waals surface area contributed by atoms with E-state index >= 15 is 0 Å². The van der Waals surface area contributed by atoms with Crippen molar-refractivity contribution < 1.29 is 4.74 Å². The van der Waals surface area contributed by atoms with E-state index in [0.717, 1.165) is 33.8 Å². The summed E-state index contributed by atoms with van der Waals surface area (Å²) in [6.07, 6.45) is 4.10. The van der Waals surface area contributed by atoms with Gasteiger partial charge in [-0.15, -0.1) is 0 Å². The molecule has 17 heavy (non-hydrogen) atoms. The zero-order chi connectivity index (χ0) is 12.0. The lowest BCUT2D eigenvalue weighted by atomic mass is 10.1. The molecule has 0 atom stereocenters. The van der Waals surface area contributed by atoms with Crippen molar-refractivity contribution >= 4 is 26.7 Å². The number of rotatable bonds is 2. The Morgan fingerprint density at radius 1 is 1.35 bits per heavy atom. The molecule has 1 saturated carbocycles. The average molecular weight is 294 g/mol. The standard InChI is InChI=1S/C13H12BrNO2/c1-17-9-4-5-10-11(6-9)12(14)7-15(13(10)16)8-2-3-8/h4-8H,2-3H2,1H3. The monoisotopic (exact) mass is 293 g/mol. The van der Waals surface area contributed by atoms with Crippen LogP contribution in [0.25, 0.3) is 10.8 Å². The maximum Gasteiger partial charge on any atom is 0.258 e. The van der Waals surface area contributed by atoms with E-state index in [4.69, 9.17) is 4.74 Å². The fraction of sp³-hybridized carbons (Fsp3) is 0.308. The maximum atomic E-state index is 12.3. The first kappa shape index (κ1) is 10.8. The van der Waals surface area contributed by atoms with E-state index in [0.29, 0.717) is 6.04 Å². The van der Waals surface area contributed by atoms with Crippen LogP contribution in [0, 0.1) is 0 Å². The number of hydrogen-bond donors (Lipinski definition) is 0. The van der Waals surface area contributed by atoms with Crippen molar-refractivity contribution in [3.8, 4) is 5.75 Å². The largest absolute Gasteiger partial charge is 0.497 e. The van der Waals surface area contributed by atoms with Gasteiger partial charge in [-0.2, -0.15) is 0 Å². The van der Waals surface area contributed by atoms with E-state index in [2.05, 4.69) is 15.9 Å². The van der Waals surface area contributed by atoms with Crippen molar-refractivity contribution in [3.63, 3.8) is 0 Å². The van der Waals surface area contributed by atoms with E-state index in [-0.39, 0.29) is 5.56 Å². The molecular formula is C13H12BrNO2. The Morgan fingerprint density at radius 3 is 2.76 bits per heavy atom. The number of fused-ring (bicyclic) bond motifs is 1. The summed E-state index contributed by atoms with van der Waals surface area (Å²) in [5, 5.41) is 1.65. The molecule has 1 fully saturated rings. The number of hydrogen-bond acceptors (Lipinski definition) is 2. The maximum absolute atomic E-state index is 12.3. The number of methoxy groups -OCH3 is 1. The van der Waals surface area contributed by atoms with Crippen LogP contribution in [0.15, 0.2) is 33.7 Å². The average Bonchev–Trinajstić information content (AvgIpc) is 3.17. The number of halogens is 1. The summed E-state index contributed by atoms with van der Waals surface area (Å²) in [4.78, 5) is 12.3. The quantitative estimate of drug-likeness (QED) is 0.852. The summed E-state index contributed by atoms with van der Waals surface area (Å²) in [6, 6.07) is 5.94. The van der Waals surface area contributed by atoms with Crippen molar-refractivity contribution in [2.24, 2.45) is 0 Å². The van der Waals surface area contributed by atoms with Crippen LogP contribution < -0.4 is 10.3 Å². The zero-order valence-corrected chi connectivity index (χ0v) is 11.0. The first-order chi connectivity index (χ1) is 8.20. The van der Waals surface area contributed by atoms with Gasteiger partial charge in [0, 0.05) is 27.5 Å². The summed E-state index contributed by atoms with van der Waals surface area (Å²) in [5.41, 5.74) is 0.0911. The Kier molecular flexibility index (Phi) is 2.47. The van der Waals surface area contributed by atoms with Crippen LogP contribution in [-0.4, -0.2) is 11.7 Å². The predicted molar refractivity (Wildman–Crippen MR) is 70.7 cm³/mol. The summed E-state index contributed by atoms with van der Waals surface area (Å²) in [6.45, 7) is 0. The van der Waals surface area contributed by atoms with E-state index in [1.807, 2.05) is 29.0 Å². The second-order valence-corrected chi connectivity index (χ2v) is 5.19. The first-order valence-electron chi connectivity index (χ1n) is 5.59. The normalized spacial score (nSPS) is 15.2. The number of benzene rings is 1. The second kappa shape index (κ2) is 3.88. The number of nitrogens with zero attached hydrogens (tertiary/aromatic N) is 1. The van der Waals surface area contributed by atoms with Gasteiger partial charge in [0.2, 0.25) is 0 Å².